The van der Waals surface area contributed by atoms with Crippen molar-refractivity contribution >= 4 is 44.4 Å². The number of benzene rings is 2. The normalized spacial score (nSPS) is 11.4. The second-order valence-corrected chi connectivity index (χ2v) is 10.0. The second kappa shape index (κ2) is 9.09. The number of halogens is 4. The highest BCUT2D eigenvalue weighted by atomic mass is 35.5. The largest absolute Gasteiger partial charge is 0.503 e. The molecular formula is C22H12ClF3N2O4S2. The lowest BCUT2D eigenvalue weighted by Crippen LogP contribution is -2.13. The van der Waals surface area contributed by atoms with Crippen LogP contribution in [0.2, 0.25) is 5.15 Å². The van der Waals surface area contributed by atoms with Crippen LogP contribution in [-0.2, 0) is 10.0 Å². The number of hydrogen-bond donors (Lipinski definition) is 2. The van der Waals surface area contributed by atoms with Crippen molar-refractivity contribution in [3.8, 4) is 16.2 Å². The van der Waals surface area contributed by atoms with Gasteiger partial charge in [0.15, 0.2) is 17.4 Å². The summed E-state index contributed by atoms with van der Waals surface area (Å²) in [6.07, 6.45) is 1.11. The maximum Gasteiger partial charge on any atom is 0.263 e. The lowest BCUT2D eigenvalue weighted by molar-refractivity contribution is 0.103. The molecule has 34 heavy (non-hydrogen) atoms. The fourth-order valence-electron chi connectivity index (χ4n) is 2.97. The van der Waals surface area contributed by atoms with Gasteiger partial charge in [0, 0.05) is 16.8 Å². The van der Waals surface area contributed by atoms with Crippen LogP contribution in [0.1, 0.15) is 15.2 Å². The Bertz CT molecular complexity index is 1520. The fourth-order valence-corrected chi connectivity index (χ4v) is 5.04. The predicted molar refractivity (Wildman–Crippen MR) is 121 cm³/mol. The molecule has 0 amide bonds. The van der Waals surface area contributed by atoms with Crippen LogP contribution >= 0.6 is 22.9 Å². The number of rotatable bonds is 6. The minimum Gasteiger partial charge on any atom is -0.503 e. The standard InChI is InChI=1S/C22H12ClF3N2O4S2/c23-18-7-4-13(10-27-18)34(31,32)28-12-3-1-2-11(8-12)16-5-6-17(33-16)21(29)14-9-15(24)20(26)22(30)19(14)25/h1-10,28,30H. The first-order chi connectivity index (χ1) is 16.1. The minimum atomic E-state index is -3.94. The molecular weight excluding hydrogens is 513 g/mol. The van der Waals surface area contributed by atoms with Gasteiger partial charge in [0.05, 0.1) is 10.4 Å². The van der Waals surface area contributed by atoms with Gasteiger partial charge in [-0.2, -0.15) is 4.39 Å². The first-order valence-electron chi connectivity index (χ1n) is 9.32. The Kier molecular flexibility index (Phi) is 6.34. The predicted octanol–water partition coefficient (Wildman–Crippen LogP) is 5.62. The number of ketones is 1. The van der Waals surface area contributed by atoms with Gasteiger partial charge in [0.1, 0.15) is 10.0 Å². The van der Waals surface area contributed by atoms with Crippen molar-refractivity contribution in [2.45, 2.75) is 4.90 Å². The van der Waals surface area contributed by atoms with E-state index in [0.717, 1.165) is 17.5 Å². The molecule has 0 unspecified atom stereocenters. The van der Waals surface area contributed by atoms with Crippen LogP contribution in [0.3, 0.4) is 0 Å². The molecule has 0 fully saturated rings. The summed E-state index contributed by atoms with van der Waals surface area (Å²) >= 11 is 6.61. The van der Waals surface area contributed by atoms with Crippen LogP contribution in [0.5, 0.6) is 5.75 Å². The van der Waals surface area contributed by atoms with Crippen LogP contribution in [0.25, 0.3) is 10.4 Å². The van der Waals surface area contributed by atoms with E-state index >= 15 is 0 Å². The molecule has 4 rings (SSSR count). The van der Waals surface area contributed by atoms with Crippen molar-refractivity contribution in [2.75, 3.05) is 4.72 Å². The smallest absolute Gasteiger partial charge is 0.263 e. The molecule has 2 heterocycles. The van der Waals surface area contributed by atoms with Gasteiger partial charge in [0.25, 0.3) is 10.0 Å². The lowest BCUT2D eigenvalue weighted by atomic mass is 10.1. The van der Waals surface area contributed by atoms with Crippen LogP contribution in [0.15, 0.2) is 65.7 Å². The summed E-state index contributed by atoms with van der Waals surface area (Å²) < 4.78 is 68.6. The van der Waals surface area contributed by atoms with Crippen LogP contribution in [0, 0.1) is 17.5 Å². The van der Waals surface area contributed by atoms with Gasteiger partial charge in [-0.25, -0.2) is 22.2 Å². The van der Waals surface area contributed by atoms with E-state index in [4.69, 9.17) is 11.6 Å². The van der Waals surface area contributed by atoms with Gasteiger partial charge in [-0.05, 0) is 48.0 Å². The van der Waals surface area contributed by atoms with Crippen molar-refractivity contribution < 1.29 is 31.5 Å². The van der Waals surface area contributed by atoms with Crippen molar-refractivity contribution in [3.05, 3.63) is 93.8 Å². The minimum absolute atomic E-state index is 0.00229. The number of pyridine rings is 1. The molecule has 0 aliphatic rings. The maximum absolute atomic E-state index is 14.1. The molecule has 2 aromatic carbocycles. The van der Waals surface area contributed by atoms with Crippen molar-refractivity contribution in [1.29, 1.82) is 0 Å². The molecule has 0 aliphatic heterocycles. The quantitative estimate of drug-likeness (QED) is 0.194. The zero-order valence-electron chi connectivity index (χ0n) is 16.7. The Morgan fingerprint density at radius 2 is 1.79 bits per heavy atom. The van der Waals surface area contributed by atoms with E-state index in [9.17, 15) is 31.5 Å². The molecule has 0 saturated heterocycles. The lowest BCUT2D eigenvalue weighted by Gasteiger charge is -2.09. The third-order valence-electron chi connectivity index (χ3n) is 4.62. The van der Waals surface area contributed by atoms with Crippen LogP contribution in [-0.4, -0.2) is 24.3 Å². The number of carbonyl (C=O) groups is 1. The molecule has 0 saturated carbocycles. The third kappa shape index (κ3) is 4.63. The molecule has 12 heteroatoms. The maximum atomic E-state index is 14.1. The molecule has 0 atom stereocenters. The molecule has 4 aromatic rings. The van der Waals surface area contributed by atoms with E-state index in [-0.39, 0.29) is 20.6 Å². The Balaban J connectivity index is 1.61. The summed E-state index contributed by atoms with van der Waals surface area (Å²) in [4.78, 5) is 16.8. The zero-order chi connectivity index (χ0) is 24.6. The molecule has 0 aliphatic carbocycles. The number of thiophene rings is 1. The Morgan fingerprint density at radius 3 is 2.50 bits per heavy atom. The number of nitrogens with zero attached hydrogens (tertiary/aromatic N) is 1. The summed E-state index contributed by atoms with van der Waals surface area (Å²) in [6, 6.07) is 12.2. The molecule has 174 valence electrons. The zero-order valence-corrected chi connectivity index (χ0v) is 19.1. The van der Waals surface area contributed by atoms with E-state index in [1.54, 1.807) is 12.1 Å². The number of sulfonamides is 1. The molecule has 2 aromatic heterocycles. The Hall–Kier alpha value is -3.41. The van der Waals surface area contributed by atoms with Gasteiger partial charge in [-0.15, -0.1) is 11.3 Å². The summed E-state index contributed by atoms with van der Waals surface area (Å²) in [6.45, 7) is 0. The number of phenolic OH excluding ortho intramolecular Hbond substituents is 1. The van der Waals surface area contributed by atoms with Gasteiger partial charge in [-0.1, -0.05) is 23.7 Å². The number of phenols is 1. The van der Waals surface area contributed by atoms with Crippen LogP contribution in [0.4, 0.5) is 18.9 Å². The highest BCUT2D eigenvalue weighted by molar-refractivity contribution is 7.92. The van der Waals surface area contributed by atoms with Gasteiger partial charge in [-0.3, -0.25) is 9.52 Å². The topological polar surface area (TPSA) is 96.4 Å². The summed E-state index contributed by atoms with van der Waals surface area (Å²) in [7, 11) is -3.94. The molecule has 0 radical (unpaired) electrons. The summed E-state index contributed by atoms with van der Waals surface area (Å²) in [5, 5.41) is 9.50. The van der Waals surface area contributed by atoms with Gasteiger partial charge < -0.3 is 5.11 Å². The first-order valence-corrected chi connectivity index (χ1v) is 12.0. The van der Waals surface area contributed by atoms with Gasteiger partial charge in [0.2, 0.25) is 11.6 Å². The summed E-state index contributed by atoms with van der Waals surface area (Å²) in [5.41, 5.74) is -0.0553. The highest BCUT2D eigenvalue weighted by Gasteiger charge is 2.24. The average molecular weight is 525 g/mol. The van der Waals surface area contributed by atoms with E-state index in [0.29, 0.717) is 16.5 Å². The molecule has 2 N–H and O–H groups in total. The monoisotopic (exact) mass is 524 g/mol. The number of carbonyl (C=O) groups excluding carboxylic acids is 1. The van der Waals surface area contributed by atoms with Crippen molar-refractivity contribution in [2.24, 2.45) is 0 Å². The second-order valence-electron chi connectivity index (χ2n) is 6.88. The number of aromatic hydroxyl groups is 1. The average Bonchev–Trinajstić information content (AvgIpc) is 3.30. The van der Waals surface area contributed by atoms with Crippen LogP contribution < -0.4 is 4.72 Å². The number of aromatic nitrogens is 1. The molecule has 0 bridgehead atoms. The van der Waals surface area contributed by atoms with Gasteiger partial charge >= 0.3 is 0 Å². The number of nitrogens with one attached hydrogen (secondary N) is 1. The van der Waals surface area contributed by atoms with E-state index in [2.05, 4.69) is 9.71 Å². The van der Waals surface area contributed by atoms with Crippen molar-refractivity contribution in [3.63, 3.8) is 0 Å². The third-order valence-corrected chi connectivity index (χ3v) is 7.34. The number of anilines is 1. The Labute approximate surface area is 200 Å². The highest BCUT2D eigenvalue weighted by Crippen LogP contribution is 2.33. The van der Waals surface area contributed by atoms with E-state index in [1.807, 2.05) is 0 Å². The van der Waals surface area contributed by atoms with E-state index < -0.39 is 44.6 Å². The summed E-state index contributed by atoms with van der Waals surface area (Å²) in [5.74, 6) is -7.43. The Morgan fingerprint density at radius 1 is 1.03 bits per heavy atom. The first kappa shape index (κ1) is 23.7. The van der Waals surface area contributed by atoms with E-state index in [1.165, 1.54) is 36.4 Å². The fraction of sp³-hybridized carbons (Fsp3) is 0. The molecule has 6 nitrogen and oxygen atoms in total. The molecule has 0 spiro atoms. The van der Waals surface area contributed by atoms with Crippen molar-refractivity contribution in [1.82, 2.24) is 4.98 Å². The SMILES string of the molecule is O=C(c1ccc(-c2cccc(NS(=O)(=O)c3ccc(Cl)nc3)c2)s1)c1cc(F)c(F)c(O)c1F. The number of hydrogen-bond acceptors (Lipinski definition) is 6.